The van der Waals surface area contributed by atoms with Crippen LogP contribution in [0, 0.1) is 4.84 Å². The number of nitrogens with zero attached hydrogens (tertiary/aromatic N) is 3. The number of aromatic amines is 1. The number of carbonyl (C=O) groups excluding carboxylic acids is 1. The smallest absolute Gasteiger partial charge is 0.362 e. The molecule has 0 unspecified atom stereocenters. The maximum atomic E-state index is 11.6. The van der Waals surface area contributed by atoms with E-state index >= 15 is 0 Å². The highest BCUT2D eigenvalue weighted by Crippen LogP contribution is 2.22. The molecule has 120 valence electrons. The van der Waals surface area contributed by atoms with Gasteiger partial charge in [-0.1, -0.05) is 0 Å². The fourth-order valence-corrected chi connectivity index (χ4v) is 1.72. The van der Waals surface area contributed by atoms with E-state index in [4.69, 9.17) is 21.4 Å². The van der Waals surface area contributed by atoms with Gasteiger partial charge in [0.15, 0.2) is 0 Å². The van der Waals surface area contributed by atoms with Gasteiger partial charge < -0.3 is 14.3 Å². The molecule has 2 N–H and O–H groups in total. The van der Waals surface area contributed by atoms with Gasteiger partial charge in [-0.25, -0.2) is 9.89 Å². The Labute approximate surface area is 136 Å². The monoisotopic (exact) mass is 334 g/mol. The van der Waals surface area contributed by atoms with Crippen LogP contribution in [0.15, 0.2) is 50.4 Å². The highest BCUT2D eigenvalue weighted by atomic mass is 32.1. The summed E-state index contributed by atoms with van der Waals surface area (Å²) < 4.78 is 9.98. The van der Waals surface area contributed by atoms with E-state index in [-0.39, 0.29) is 22.9 Å². The third kappa shape index (κ3) is 4.33. The van der Waals surface area contributed by atoms with Gasteiger partial charge in [0, 0.05) is 5.56 Å². The van der Waals surface area contributed by atoms with Gasteiger partial charge >= 0.3 is 5.97 Å². The maximum Gasteiger partial charge on any atom is 0.362 e. The van der Waals surface area contributed by atoms with Gasteiger partial charge in [0.25, 0.3) is 4.84 Å². The number of carbonyl (C=O) groups is 1. The third-order valence-electron chi connectivity index (χ3n) is 2.63. The number of azo groups is 1. The van der Waals surface area contributed by atoms with Crippen molar-refractivity contribution in [3.05, 3.63) is 40.6 Å². The van der Waals surface area contributed by atoms with E-state index in [0.29, 0.717) is 17.1 Å². The molecule has 0 amide bonds. The summed E-state index contributed by atoms with van der Waals surface area (Å²) >= 11 is 4.81. The molecule has 0 atom stereocenters. The molecule has 0 fully saturated rings. The zero-order valence-electron chi connectivity index (χ0n) is 12.4. The maximum absolute atomic E-state index is 11.6. The Bertz CT molecular complexity index is 801. The number of aliphatic hydroxyl groups is 1. The number of ether oxygens (including phenoxy) is 1. The van der Waals surface area contributed by atoms with Gasteiger partial charge in [0.05, 0.1) is 12.3 Å². The summed E-state index contributed by atoms with van der Waals surface area (Å²) in [5.41, 5.74) is 0.940. The fraction of sp³-hybridized carbons (Fsp3) is 0.214. The van der Waals surface area contributed by atoms with Gasteiger partial charge in [-0.05, 0) is 50.3 Å². The second-order valence-corrected chi connectivity index (χ2v) is 4.69. The van der Waals surface area contributed by atoms with Crippen LogP contribution in [-0.2, 0) is 9.53 Å². The Morgan fingerprint density at radius 3 is 2.65 bits per heavy atom. The van der Waals surface area contributed by atoms with E-state index in [2.05, 4.69) is 20.4 Å². The summed E-state index contributed by atoms with van der Waals surface area (Å²) in [6, 6.07) is 6.73. The minimum absolute atomic E-state index is 0.178. The number of benzene rings is 1. The summed E-state index contributed by atoms with van der Waals surface area (Å²) in [5, 5.41) is 23.5. The molecule has 1 aromatic carbocycles. The van der Waals surface area contributed by atoms with Crippen LogP contribution < -0.4 is 0 Å². The van der Waals surface area contributed by atoms with Crippen molar-refractivity contribution >= 4 is 23.9 Å². The number of allylic oxidation sites excluding steroid dienone is 1. The van der Waals surface area contributed by atoms with E-state index in [1.165, 1.54) is 6.92 Å². The summed E-state index contributed by atoms with van der Waals surface area (Å²) in [4.78, 5) is 11.8. The molecule has 1 heterocycles. The van der Waals surface area contributed by atoms with Crippen LogP contribution in [0.1, 0.15) is 13.8 Å². The Kier molecular flexibility index (Phi) is 5.36. The topological polar surface area (TPSA) is 113 Å². The van der Waals surface area contributed by atoms with Crippen molar-refractivity contribution in [2.24, 2.45) is 10.2 Å². The van der Waals surface area contributed by atoms with E-state index < -0.39 is 5.97 Å². The normalized spacial score (nSPS) is 12.3. The Morgan fingerprint density at radius 2 is 2.13 bits per heavy atom. The number of esters is 1. The molecule has 1 aromatic heterocycles. The van der Waals surface area contributed by atoms with Crippen molar-refractivity contribution in [1.29, 1.82) is 0 Å². The number of rotatable bonds is 5. The van der Waals surface area contributed by atoms with Gasteiger partial charge in [-0.2, -0.15) is 5.11 Å². The molecule has 0 saturated heterocycles. The quantitative estimate of drug-likeness (QED) is 0.282. The average Bonchev–Trinajstić information content (AvgIpc) is 2.94. The predicted octanol–water partition coefficient (Wildman–Crippen LogP) is 3.84. The molecular formula is C14H14N4O4S. The summed E-state index contributed by atoms with van der Waals surface area (Å²) in [5.74, 6) is -0.643. The molecule has 2 rings (SSSR count). The second-order valence-electron chi connectivity index (χ2n) is 4.32. The lowest BCUT2D eigenvalue weighted by Gasteiger charge is -2.02. The van der Waals surface area contributed by atoms with Crippen LogP contribution in [0.5, 0.6) is 0 Å². The molecule has 9 heteroatoms. The van der Waals surface area contributed by atoms with E-state index in [1.54, 1.807) is 31.2 Å². The van der Waals surface area contributed by atoms with Crippen LogP contribution in [0.2, 0.25) is 0 Å². The highest BCUT2D eigenvalue weighted by Gasteiger charge is 2.13. The van der Waals surface area contributed by atoms with E-state index in [1.807, 2.05) is 0 Å². The molecule has 0 bridgehead atoms. The van der Waals surface area contributed by atoms with Crippen LogP contribution >= 0.6 is 12.2 Å². The summed E-state index contributed by atoms with van der Waals surface area (Å²) in [7, 11) is 0. The van der Waals surface area contributed by atoms with Crippen molar-refractivity contribution in [3.8, 4) is 11.5 Å². The predicted molar refractivity (Wildman–Crippen MR) is 83.6 cm³/mol. The van der Waals surface area contributed by atoms with Crippen LogP contribution in [0.25, 0.3) is 11.5 Å². The third-order valence-corrected chi connectivity index (χ3v) is 2.80. The Morgan fingerprint density at radius 1 is 1.43 bits per heavy atom. The molecule has 0 saturated carbocycles. The number of hydrogen-bond acceptors (Lipinski definition) is 8. The SMILES string of the molecule is CCOC(=O)/C(N=Nc1ccc(-c2n[nH]c(=S)o2)cc1)=C(\C)O. The van der Waals surface area contributed by atoms with E-state index in [9.17, 15) is 9.90 Å². The minimum atomic E-state index is -0.735. The van der Waals surface area contributed by atoms with Gasteiger partial charge in [0.2, 0.25) is 11.6 Å². The molecule has 0 aliphatic heterocycles. The van der Waals surface area contributed by atoms with Gasteiger partial charge in [-0.3, -0.25) is 0 Å². The molecule has 0 spiro atoms. The molecule has 0 aliphatic rings. The first-order valence-corrected chi connectivity index (χ1v) is 7.06. The van der Waals surface area contributed by atoms with Gasteiger partial charge in [-0.15, -0.1) is 10.2 Å². The summed E-state index contributed by atoms with van der Waals surface area (Å²) in [6.45, 7) is 3.17. The minimum Gasteiger partial charge on any atom is -0.510 e. The molecule has 8 nitrogen and oxygen atoms in total. The largest absolute Gasteiger partial charge is 0.510 e. The molecule has 23 heavy (non-hydrogen) atoms. The Balaban J connectivity index is 2.18. The van der Waals surface area contributed by atoms with Crippen molar-refractivity contribution in [2.45, 2.75) is 13.8 Å². The number of aliphatic hydroxyl groups excluding tert-OH is 1. The lowest BCUT2D eigenvalue weighted by atomic mass is 10.2. The van der Waals surface area contributed by atoms with Crippen molar-refractivity contribution in [3.63, 3.8) is 0 Å². The highest BCUT2D eigenvalue weighted by molar-refractivity contribution is 7.71. The molecule has 0 aliphatic carbocycles. The van der Waals surface area contributed by atoms with E-state index in [0.717, 1.165) is 0 Å². The van der Waals surface area contributed by atoms with Gasteiger partial charge in [0.1, 0.15) is 5.76 Å². The summed E-state index contributed by atoms with van der Waals surface area (Å²) in [6.07, 6.45) is 0. The van der Waals surface area contributed by atoms with Crippen LogP contribution in [0.3, 0.4) is 0 Å². The van der Waals surface area contributed by atoms with Crippen molar-refractivity contribution in [2.75, 3.05) is 6.61 Å². The van der Waals surface area contributed by atoms with Crippen LogP contribution in [-0.4, -0.2) is 27.9 Å². The second kappa shape index (κ2) is 7.45. The standard InChI is InChI=1S/C14H14N4O4S/c1-3-21-13(20)11(8(2)19)16-15-10-6-4-9(5-7-10)12-17-18-14(23)22-12/h4-7,19H,3H2,1-2H3,(H,18,23)/b11-8-,16-15?. The molecule has 0 radical (unpaired) electrons. The lowest BCUT2D eigenvalue weighted by molar-refractivity contribution is -0.138. The fourth-order valence-electron chi connectivity index (χ4n) is 1.59. The van der Waals surface area contributed by atoms with Crippen LogP contribution in [0.4, 0.5) is 5.69 Å². The number of hydrogen-bond donors (Lipinski definition) is 2. The van der Waals surface area contributed by atoms with Crippen molar-refractivity contribution in [1.82, 2.24) is 10.2 Å². The Hall–Kier alpha value is -2.81. The number of nitrogens with one attached hydrogen (secondary N) is 1. The average molecular weight is 334 g/mol. The lowest BCUT2D eigenvalue weighted by Crippen LogP contribution is -2.07. The zero-order chi connectivity index (χ0) is 16.8. The first kappa shape index (κ1) is 16.6. The zero-order valence-corrected chi connectivity index (χ0v) is 13.3. The molecular weight excluding hydrogens is 320 g/mol. The first-order chi connectivity index (χ1) is 11.0. The first-order valence-electron chi connectivity index (χ1n) is 6.66. The van der Waals surface area contributed by atoms with Crippen molar-refractivity contribution < 1.29 is 19.1 Å². The number of H-pyrrole nitrogens is 1. The molecule has 2 aromatic rings. The number of aromatic nitrogens is 2.